The van der Waals surface area contributed by atoms with Gasteiger partial charge in [-0.05, 0) is 61.7 Å². The lowest BCUT2D eigenvalue weighted by molar-refractivity contribution is -0.126. The summed E-state index contributed by atoms with van der Waals surface area (Å²) in [5.41, 5.74) is 1.56. The normalized spacial score (nSPS) is 14.1. The van der Waals surface area contributed by atoms with Crippen LogP contribution in [0.5, 0.6) is 0 Å². The van der Waals surface area contributed by atoms with Crippen molar-refractivity contribution in [1.29, 1.82) is 0 Å². The second-order valence-corrected chi connectivity index (χ2v) is 8.83. The highest BCUT2D eigenvalue weighted by Crippen LogP contribution is 2.29. The van der Waals surface area contributed by atoms with Gasteiger partial charge in [0.05, 0.1) is 12.8 Å². The van der Waals surface area contributed by atoms with Crippen LogP contribution in [-0.4, -0.2) is 36.1 Å². The Kier molecular flexibility index (Phi) is 7.95. The van der Waals surface area contributed by atoms with Gasteiger partial charge in [-0.2, -0.15) is 0 Å². The highest BCUT2D eigenvalue weighted by molar-refractivity contribution is 6.04. The fourth-order valence-electron chi connectivity index (χ4n) is 4.43. The maximum atomic E-state index is 13.7. The molecular formula is C28H29N3O5. The zero-order valence-electron chi connectivity index (χ0n) is 20.1. The second-order valence-electron chi connectivity index (χ2n) is 8.83. The lowest BCUT2D eigenvalue weighted by Crippen LogP contribution is -2.49. The summed E-state index contributed by atoms with van der Waals surface area (Å²) in [4.78, 5) is 52.9. The van der Waals surface area contributed by atoms with Gasteiger partial charge in [-0.15, -0.1) is 0 Å². The SMILES string of the molecule is CC(=O)c1ccc(N(C(=O)CNC(=O)c2ccco2)C(C(=O)NC2CCCC2)c2ccccc2)cc1. The first-order valence-electron chi connectivity index (χ1n) is 12.0. The summed E-state index contributed by atoms with van der Waals surface area (Å²) in [6.45, 7) is 1.11. The maximum absolute atomic E-state index is 13.7. The van der Waals surface area contributed by atoms with Crippen LogP contribution in [0.15, 0.2) is 77.4 Å². The molecule has 2 aromatic carbocycles. The molecular weight excluding hydrogens is 458 g/mol. The van der Waals surface area contributed by atoms with E-state index in [0.717, 1.165) is 25.7 Å². The summed E-state index contributed by atoms with van der Waals surface area (Å²) in [5, 5.41) is 5.68. The molecule has 8 nitrogen and oxygen atoms in total. The van der Waals surface area contributed by atoms with Crippen LogP contribution >= 0.6 is 0 Å². The largest absolute Gasteiger partial charge is 0.459 e. The van der Waals surface area contributed by atoms with Crippen molar-refractivity contribution >= 4 is 29.2 Å². The van der Waals surface area contributed by atoms with E-state index in [1.807, 2.05) is 18.2 Å². The summed E-state index contributed by atoms with van der Waals surface area (Å²) in [6, 6.07) is 17.7. The summed E-state index contributed by atoms with van der Waals surface area (Å²) in [7, 11) is 0. The van der Waals surface area contributed by atoms with Gasteiger partial charge in [-0.25, -0.2) is 0 Å². The van der Waals surface area contributed by atoms with Crippen LogP contribution in [0.3, 0.4) is 0 Å². The average molecular weight is 488 g/mol. The predicted octanol–water partition coefficient (Wildman–Crippen LogP) is 4.05. The van der Waals surface area contributed by atoms with Crippen LogP contribution < -0.4 is 15.5 Å². The molecule has 0 spiro atoms. The molecule has 1 unspecified atom stereocenters. The van der Waals surface area contributed by atoms with Crippen LogP contribution in [-0.2, 0) is 9.59 Å². The third-order valence-electron chi connectivity index (χ3n) is 6.29. The number of ketones is 1. The second kappa shape index (κ2) is 11.5. The van der Waals surface area contributed by atoms with Gasteiger partial charge < -0.3 is 15.1 Å². The summed E-state index contributed by atoms with van der Waals surface area (Å²) in [6.07, 6.45) is 5.27. The van der Waals surface area contributed by atoms with E-state index in [1.54, 1.807) is 42.5 Å². The first-order chi connectivity index (χ1) is 17.4. The number of carbonyl (C=O) groups is 4. The molecule has 36 heavy (non-hydrogen) atoms. The zero-order valence-corrected chi connectivity index (χ0v) is 20.1. The van der Waals surface area contributed by atoms with Gasteiger partial charge in [0.1, 0.15) is 6.04 Å². The monoisotopic (exact) mass is 487 g/mol. The number of hydrogen-bond acceptors (Lipinski definition) is 5. The lowest BCUT2D eigenvalue weighted by atomic mass is 10.0. The Balaban J connectivity index is 1.68. The molecule has 1 fully saturated rings. The molecule has 0 saturated heterocycles. The molecule has 1 saturated carbocycles. The van der Waals surface area contributed by atoms with Gasteiger partial charge >= 0.3 is 0 Å². The lowest BCUT2D eigenvalue weighted by Gasteiger charge is -2.32. The van der Waals surface area contributed by atoms with Crippen LogP contribution in [0, 0.1) is 0 Å². The number of amides is 3. The molecule has 1 aliphatic rings. The van der Waals surface area contributed by atoms with Crippen molar-refractivity contribution in [2.24, 2.45) is 0 Å². The summed E-state index contributed by atoms with van der Waals surface area (Å²) in [5.74, 6) is -1.34. The van der Waals surface area contributed by atoms with Crippen LogP contribution in [0.4, 0.5) is 5.69 Å². The molecule has 1 aliphatic carbocycles. The minimum Gasteiger partial charge on any atom is -0.459 e. The van der Waals surface area contributed by atoms with Crippen molar-refractivity contribution in [2.75, 3.05) is 11.4 Å². The molecule has 1 heterocycles. The van der Waals surface area contributed by atoms with E-state index in [9.17, 15) is 19.2 Å². The number of carbonyl (C=O) groups excluding carboxylic acids is 4. The number of benzene rings is 2. The number of nitrogens with zero attached hydrogens (tertiary/aromatic N) is 1. The van der Waals surface area contributed by atoms with E-state index >= 15 is 0 Å². The van der Waals surface area contributed by atoms with Gasteiger partial charge in [0.2, 0.25) is 11.8 Å². The van der Waals surface area contributed by atoms with E-state index < -0.39 is 17.9 Å². The molecule has 0 bridgehead atoms. The first-order valence-corrected chi connectivity index (χ1v) is 12.0. The van der Waals surface area contributed by atoms with E-state index in [4.69, 9.17) is 4.42 Å². The third-order valence-corrected chi connectivity index (χ3v) is 6.29. The number of anilines is 1. The number of nitrogens with one attached hydrogen (secondary N) is 2. The number of Topliss-reactive ketones (excluding diaryl/α,β-unsaturated/α-hetero) is 1. The Morgan fingerprint density at radius 1 is 0.944 bits per heavy atom. The smallest absolute Gasteiger partial charge is 0.287 e. The van der Waals surface area contributed by atoms with Crippen molar-refractivity contribution < 1.29 is 23.6 Å². The average Bonchev–Trinajstić information content (AvgIpc) is 3.61. The standard InChI is InChI=1S/C28H29N3O5/c1-19(32)20-13-15-23(16-14-20)31(25(33)18-29-27(34)24-12-7-17-36-24)26(21-8-3-2-4-9-21)28(35)30-22-10-5-6-11-22/h2-4,7-9,12-17,22,26H,5-6,10-11,18H2,1H3,(H,29,34)(H,30,35). The quantitative estimate of drug-likeness (QED) is 0.443. The van der Waals surface area contributed by atoms with Crippen LogP contribution in [0.25, 0.3) is 0 Å². The minimum absolute atomic E-state index is 0.0550. The van der Waals surface area contributed by atoms with Gasteiger partial charge in [0, 0.05) is 17.3 Å². The molecule has 2 N–H and O–H groups in total. The Hall–Kier alpha value is -4.20. The fraction of sp³-hybridized carbons (Fsp3) is 0.286. The van der Waals surface area contributed by atoms with Crippen molar-refractivity contribution in [2.45, 2.75) is 44.7 Å². The Morgan fingerprint density at radius 2 is 1.64 bits per heavy atom. The van der Waals surface area contributed by atoms with Gasteiger partial charge in [0.25, 0.3) is 5.91 Å². The maximum Gasteiger partial charge on any atom is 0.287 e. The Morgan fingerprint density at radius 3 is 2.25 bits per heavy atom. The Bertz CT molecular complexity index is 1200. The van der Waals surface area contributed by atoms with Crippen LogP contribution in [0.2, 0.25) is 0 Å². The van der Waals surface area contributed by atoms with Crippen LogP contribution in [0.1, 0.15) is 65.1 Å². The van der Waals surface area contributed by atoms with E-state index in [1.165, 1.54) is 24.2 Å². The number of hydrogen-bond donors (Lipinski definition) is 2. The highest BCUT2D eigenvalue weighted by Gasteiger charge is 2.34. The molecule has 186 valence electrons. The van der Waals surface area contributed by atoms with Crippen molar-refractivity contribution in [3.8, 4) is 0 Å². The van der Waals surface area contributed by atoms with Crippen molar-refractivity contribution in [1.82, 2.24) is 10.6 Å². The van der Waals surface area contributed by atoms with E-state index in [-0.39, 0.29) is 30.0 Å². The van der Waals surface area contributed by atoms with Gasteiger partial charge in [-0.1, -0.05) is 43.2 Å². The number of rotatable bonds is 9. The zero-order chi connectivity index (χ0) is 25.5. The predicted molar refractivity (Wildman–Crippen MR) is 135 cm³/mol. The molecule has 4 rings (SSSR count). The fourth-order valence-corrected chi connectivity index (χ4v) is 4.43. The van der Waals surface area contributed by atoms with Crippen molar-refractivity contribution in [3.05, 3.63) is 89.9 Å². The number of furan rings is 1. The van der Waals surface area contributed by atoms with Crippen molar-refractivity contribution in [3.63, 3.8) is 0 Å². The first kappa shape index (κ1) is 24.9. The Labute approximate surface area is 209 Å². The molecule has 1 atom stereocenters. The molecule has 1 aromatic heterocycles. The topological polar surface area (TPSA) is 109 Å². The molecule has 3 aromatic rings. The summed E-state index contributed by atoms with van der Waals surface area (Å²) < 4.78 is 5.10. The van der Waals surface area contributed by atoms with E-state index in [2.05, 4.69) is 10.6 Å². The molecule has 0 aliphatic heterocycles. The van der Waals surface area contributed by atoms with Gasteiger partial charge in [-0.3, -0.25) is 24.1 Å². The third kappa shape index (κ3) is 5.89. The van der Waals surface area contributed by atoms with E-state index in [0.29, 0.717) is 16.8 Å². The minimum atomic E-state index is -0.969. The molecule has 8 heteroatoms. The molecule has 0 radical (unpaired) electrons. The van der Waals surface area contributed by atoms with Gasteiger partial charge in [0.15, 0.2) is 11.5 Å². The highest BCUT2D eigenvalue weighted by atomic mass is 16.3. The molecule has 3 amide bonds. The summed E-state index contributed by atoms with van der Waals surface area (Å²) >= 11 is 0.